The Balaban J connectivity index is 1.49. The van der Waals surface area contributed by atoms with Crippen LogP contribution in [0.5, 0.6) is 0 Å². The van der Waals surface area contributed by atoms with Crippen LogP contribution in [0.4, 0.5) is 0 Å². The zero-order chi connectivity index (χ0) is 18.5. The van der Waals surface area contributed by atoms with Crippen LogP contribution in [-0.4, -0.2) is 28.6 Å². The molecule has 26 heavy (non-hydrogen) atoms. The summed E-state index contributed by atoms with van der Waals surface area (Å²) in [5.41, 5.74) is 1.79. The number of hydrogen-bond donors (Lipinski definition) is 2. The van der Waals surface area contributed by atoms with Crippen molar-refractivity contribution in [2.45, 2.75) is 51.6 Å². The quantitative estimate of drug-likeness (QED) is 0.709. The molecule has 1 heterocycles. The lowest BCUT2D eigenvalue weighted by Gasteiger charge is -2.17. The maximum atomic E-state index is 12.0. The Morgan fingerprint density at radius 1 is 1.35 bits per heavy atom. The lowest BCUT2D eigenvalue weighted by Crippen LogP contribution is -2.35. The molecule has 1 aliphatic carbocycles. The number of carbonyl (C=O) groups excluding carboxylic acids is 1. The van der Waals surface area contributed by atoms with Crippen molar-refractivity contribution in [1.82, 2.24) is 10.3 Å². The van der Waals surface area contributed by atoms with Gasteiger partial charge in [-0.3, -0.25) is 4.79 Å². The van der Waals surface area contributed by atoms with Gasteiger partial charge in [0, 0.05) is 29.4 Å². The maximum Gasteiger partial charge on any atom is 0.220 e. The molecule has 0 saturated heterocycles. The highest BCUT2D eigenvalue weighted by atomic mass is 79.9. The summed E-state index contributed by atoms with van der Waals surface area (Å²) >= 11 is 3.42. The third-order valence-electron chi connectivity index (χ3n) is 4.97. The molecule has 5 nitrogen and oxygen atoms in total. The predicted octanol–water partition coefficient (Wildman–Crippen LogP) is 4.01. The van der Waals surface area contributed by atoms with Crippen molar-refractivity contribution in [1.29, 1.82) is 0 Å². The number of rotatable bonds is 7. The van der Waals surface area contributed by atoms with E-state index in [1.165, 1.54) is 12.8 Å². The molecule has 2 aromatic rings. The van der Waals surface area contributed by atoms with E-state index in [0.717, 1.165) is 34.3 Å². The molecule has 1 atom stereocenters. The smallest absolute Gasteiger partial charge is 0.220 e. The van der Waals surface area contributed by atoms with Crippen molar-refractivity contribution in [2.75, 3.05) is 6.54 Å². The molecule has 6 heteroatoms. The fraction of sp³-hybridized carbons (Fsp3) is 0.500. The topological polar surface area (TPSA) is 75.4 Å². The number of aliphatic hydroxyl groups is 1. The monoisotopic (exact) mass is 420 g/mol. The van der Waals surface area contributed by atoms with E-state index in [-0.39, 0.29) is 5.91 Å². The summed E-state index contributed by atoms with van der Waals surface area (Å²) in [6.45, 7) is 2.24. The average Bonchev–Trinajstić information content (AvgIpc) is 3.28. The molecule has 1 unspecified atom stereocenters. The third kappa shape index (κ3) is 4.95. The summed E-state index contributed by atoms with van der Waals surface area (Å²) in [5, 5.41) is 12.9. The Kier molecular flexibility index (Phi) is 6.48. The minimum Gasteiger partial charge on any atom is -0.440 e. The minimum atomic E-state index is -0.436. The molecule has 1 fully saturated rings. The molecule has 0 spiro atoms. The molecule has 0 radical (unpaired) electrons. The normalized spacial score (nSPS) is 16.0. The largest absolute Gasteiger partial charge is 0.440 e. The van der Waals surface area contributed by atoms with E-state index in [2.05, 4.69) is 26.2 Å². The van der Waals surface area contributed by atoms with Crippen LogP contribution in [0.2, 0.25) is 0 Å². The number of oxazole rings is 1. The van der Waals surface area contributed by atoms with Gasteiger partial charge in [0.25, 0.3) is 0 Å². The first kappa shape index (κ1) is 19.1. The molecule has 2 N–H and O–H groups in total. The molecular formula is C20H25BrN2O3. The standard InChI is InChI=1S/C20H25BrN2O3/c1-13-20(15-6-8-16(21)9-7-15)26-19(23-13)11-10-18(25)22-12-17(24)14-4-2-3-5-14/h6-9,14,17,24H,2-5,10-12H2,1H3,(H,22,25). The average molecular weight is 421 g/mol. The molecular weight excluding hydrogens is 396 g/mol. The van der Waals surface area contributed by atoms with Gasteiger partial charge in [-0.05, 0) is 37.8 Å². The van der Waals surface area contributed by atoms with Crippen LogP contribution >= 0.6 is 15.9 Å². The second kappa shape index (κ2) is 8.82. The molecule has 0 aliphatic heterocycles. The first-order valence-electron chi connectivity index (χ1n) is 9.20. The summed E-state index contributed by atoms with van der Waals surface area (Å²) in [6.07, 6.45) is 4.80. The summed E-state index contributed by atoms with van der Waals surface area (Å²) in [5.74, 6) is 1.55. The Hall–Kier alpha value is -1.66. The van der Waals surface area contributed by atoms with Crippen molar-refractivity contribution in [2.24, 2.45) is 5.92 Å². The number of hydrogen-bond acceptors (Lipinski definition) is 4. The van der Waals surface area contributed by atoms with Gasteiger partial charge >= 0.3 is 0 Å². The number of aromatic nitrogens is 1. The van der Waals surface area contributed by atoms with Gasteiger partial charge in [-0.2, -0.15) is 0 Å². The molecule has 1 amide bonds. The van der Waals surface area contributed by atoms with E-state index < -0.39 is 6.10 Å². The number of nitrogens with zero attached hydrogens (tertiary/aromatic N) is 1. The molecule has 0 bridgehead atoms. The van der Waals surface area contributed by atoms with E-state index in [0.29, 0.717) is 31.2 Å². The van der Waals surface area contributed by atoms with E-state index >= 15 is 0 Å². The SMILES string of the molecule is Cc1nc(CCC(=O)NCC(O)C2CCCC2)oc1-c1ccc(Br)cc1. The number of aryl methyl sites for hydroxylation is 2. The Labute approximate surface area is 162 Å². The van der Waals surface area contributed by atoms with E-state index in [1.54, 1.807) is 0 Å². The highest BCUT2D eigenvalue weighted by molar-refractivity contribution is 9.10. The zero-order valence-corrected chi connectivity index (χ0v) is 16.6. The molecule has 3 rings (SSSR count). The Morgan fingerprint density at radius 3 is 2.73 bits per heavy atom. The fourth-order valence-corrected chi connectivity index (χ4v) is 3.73. The highest BCUT2D eigenvalue weighted by Crippen LogP contribution is 2.28. The van der Waals surface area contributed by atoms with Crippen LogP contribution in [0.25, 0.3) is 11.3 Å². The number of amides is 1. The van der Waals surface area contributed by atoms with Crippen LogP contribution < -0.4 is 5.32 Å². The van der Waals surface area contributed by atoms with Crippen molar-refractivity contribution < 1.29 is 14.3 Å². The van der Waals surface area contributed by atoms with Gasteiger partial charge in [-0.25, -0.2) is 4.98 Å². The molecule has 1 saturated carbocycles. The van der Waals surface area contributed by atoms with E-state index in [1.807, 2.05) is 31.2 Å². The number of halogens is 1. The molecule has 1 aromatic heterocycles. The van der Waals surface area contributed by atoms with Crippen LogP contribution in [0.1, 0.15) is 43.7 Å². The molecule has 1 aromatic carbocycles. The number of benzene rings is 1. The molecule has 1 aliphatic rings. The Bertz CT molecular complexity index is 736. The number of aliphatic hydroxyl groups excluding tert-OH is 1. The second-order valence-corrected chi connectivity index (χ2v) is 7.86. The summed E-state index contributed by atoms with van der Waals surface area (Å²) in [6, 6.07) is 7.86. The predicted molar refractivity (Wildman–Crippen MR) is 104 cm³/mol. The minimum absolute atomic E-state index is 0.0805. The van der Waals surface area contributed by atoms with Crippen molar-refractivity contribution in [3.63, 3.8) is 0 Å². The summed E-state index contributed by atoms with van der Waals surface area (Å²) < 4.78 is 6.85. The number of carbonyl (C=O) groups is 1. The van der Waals surface area contributed by atoms with Gasteiger partial charge in [0.05, 0.1) is 11.8 Å². The van der Waals surface area contributed by atoms with Crippen molar-refractivity contribution in [3.8, 4) is 11.3 Å². The third-order valence-corrected chi connectivity index (χ3v) is 5.49. The van der Waals surface area contributed by atoms with Gasteiger partial charge in [0.1, 0.15) is 0 Å². The van der Waals surface area contributed by atoms with E-state index in [4.69, 9.17) is 4.42 Å². The maximum absolute atomic E-state index is 12.0. The van der Waals surface area contributed by atoms with Crippen LogP contribution in [-0.2, 0) is 11.2 Å². The first-order chi connectivity index (χ1) is 12.5. The summed E-state index contributed by atoms with van der Waals surface area (Å²) in [4.78, 5) is 16.5. The van der Waals surface area contributed by atoms with Crippen molar-refractivity contribution >= 4 is 21.8 Å². The fourth-order valence-electron chi connectivity index (χ4n) is 3.46. The van der Waals surface area contributed by atoms with Crippen molar-refractivity contribution in [3.05, 3.63) is 40.3 Å². The van der Waals surface area contributed by atoms with Gasteiger partial charge in [-0.1, -0.05) is 40.9 Å². The van der Waals surface area contributed by atoms with Gasteiger partial charge in [-0.15, -0.1) is 0 Å². The van der Waals surface area contributed by atoms with Crippen LogP contribution in [0.15, 0.2) is 33.2 Å². The van der Waals surface area contributed by atoms with Gasteiger partial charge < -0.3 is 14.8 Å². The zero-order valence-electron chi connectivity index (χ0n) is 15.0. The second-order valence-electron chi connectivity index (χ2n) is 6.94. The first-order valence-corrected chi connectivity index (χ1v) is 9.99. The lowest BCUT2D eigenvalue weighted by atomic mass is 10.0. The summed E-state index contributed by atoms with van der Waals surface area (Å²) in [7, 11) is 0. The molecule has 140 valence electrons. The van der Waals surface area contributed by atoms with Gasteiger partial charge in [0.15, 0.2) is 11.7 Å². The number of nitrogens with one attached hydrogen (secondary N) is 1. The highest BCUT2D eigenvalue weighted by Gasteiger charge is 2.23. The van der Waals surface area contributed by atoms with Gasteiger partial charge in [0.2, 0.25) is 5.91 Å². The van der Waals surface area contributed by atoms with Crippen LogP contribution in [0, 0.1) is 12.8 Å². The van der Waals surface area contributed by atoms with E-state index in [9.17, 15) is 9.90 Å². The van der Waals surface area contributed by atoms with Crippen LogP contribution in [0.3, 0.4) is 0 Å². The lowest BCUT2D eigenvalue weighted by molar-refractivity contribution is -0.121. The Morgan fingerprint density at radius 2 is 2.04 bits per heavy atom.